The number of benzene rings is 2. The van der Waals surface area contributed by atoms with Gasteiger partial charge in [0.15, 0.2) is 5.69 Å². The third-order valence-corrected chi connectivity index (χ3v) is 7.49. The molecule has 0 saturated carbocycles. The van der Waals surface area contributed by atoms with Crippen LogP contribution in [0.5, 0.6) is 0 Å². The maximum absolute atomic E-state index is 14.4. The Morgan fingerprint density at radius 3 is 2.39 bits per heavy atom. The molecule has 12 heteroatoms. The number of anilines is 1. The molecule has 2 amide bonds. The highest BCUT2D eigenvalue weighted by molar-refractivity contribution is 5.96. The van der Waals surface area contributed by atoms with Gasteiger partial charge in [-0.2, -0.15) is 18.3 Å². The first-order valence-electron chi connectivity index (χ1n) is 12.8. The lowest BCUT2D eigenvalue weighted by Crippen LogP contribution is -2.57. The zero-order chi connectivity index (χ0) is 29.4. The molecule has 0 radical (unpaired) electrons. The maximum atomic E-state index is 14.4. The van der Waals surface area contributed by atoms with Crippen molar-refractivity contribution in [2.45, 2.75) is 24.6 Å². The smallest absolute Gasteiger partial charge is 0.339 e. The van der Waals surface area contributed by atoms with Crippen LogP contribution in [0.4, 0.5) is 23.2 Å². The third kappa shape index (κ3) is 5.01. The number of allylic oxidation sites excluding steroid dienone is 3. The highest BCUT2D eigenvalue weighted by atomic mass is 19.4. The van der Waals surface area contributed by atoms with Crippen molar-refractivity contribution >= 4 is 29.3 Å². The summed E-state index contributed by atoms with van der Waals surface area (Å²) in [5, 5.41) is 14.7. The normalized spacial score (nSPS) is 17.1. The van der Waals surface area contributed by atoms with E-state index in [2.05, 4.69) is 17.0 Å². The van der Waals surface area contributed by atoms with E-state index >= 15 is 0 Å². The summed E-state index contributed by atoms with van der Waals surface area (Å²) < 4.78 is 55.0. The number of carbonyl (C=O) groups excluding carboxylic acids is 2. The van der Waals surface area contributed by atoms with Gasteiger partial charge in [0.1, 0.15) is 11.4 Å². The lowest BCUT2D eigenvalue weighted by Gasteiger charge is -2.43. The molecule has 2 aliphatic rings. The van der Waals surface area contributed by atoms with Gasteiger partial charge in [-0.25, -0.2) is 9.07 Å². The summed E-state index contributed by atoms with van der Waals surface area (Å²) in [6.45, 7) is 4.59. The van der Waals surface area contributed by atoms with Crippen molar-refractivity contribution in [1.82, 2.24) is 20.0 Å². The molecule has 8 nitrogen and oxygen atoms in total. The van der Waals surface area contributed by atoms with Gasteiger partial charge in [0.2, 0.25) is 5.91 Å². The number of hydrogen-bond acceptors (Lipinski definition) is 5. The number of para-hydroxylation sites is 1. The fourth-order valence-electron chi connectivity index (χ4n) is 5.38. The van der Waals surface area contributed by atoms with Gasteiger partial charge in [-0.3, -0.25) is 9.59 Å². The Morgan fingerprint density at radius 1 is 1.07 bits per heavy atom. The van der Waals surface area contributed by atoms with Crippen molar-refractivity contribution < 1.29 is 27.2 Å². The van der Waals surface area contributed by atoms with Gasteiger partial charge >= 0.3 is 6.18 Å². The van der Waals surface area contributed by atoms with Crippen molar-refractivity contribution in [3.63, 3.8) is 0 Å². The standard InChI is InChI=1S/C29H26F4N6O2/c1-2-19(10-13-34)25-17-24(36-39(25)21-8-9-22(23(30)16-21)29(31,32)33)26(40)37-14-11-28(12-15-37)27(41)35-18-38(28)20-6-4-3-5-7-20/h2-10,13,16-17,34H,1,11-12,14-15,18H2,(H,35,41). The number of nitrogens with one attached hydrogen (secondary N) is 2. The minimum atomic E-state index is -4.87. The fourth-order valence-corrected chi connectivity index (χ4v) is 5.38. The summed E-state index contributed by atoms with van der Waals surface area (Å²) >= 11 is 0. The number of nitrogens with zero attached hydrogens (tertiary/aromatic N) is 4. The van der Waals surface area contributed by atoms with Crippen molar-refractivity contribution in [3.8, 4) is 5.69 Å². The van der Waals surface area contributed by atoms with Gasteiger partial charge in [-0.05, 0) is 49.2 Å². The molecule has 3 heterocycles. The molecule has 212 valence electrons. The average molecular weight is 567 g/mol. The Hall–Kier alpha value is -4.74. The van der Waals surface area contributed by atoms with Crippen molar-refractivity contribution in [2.24, 2.45) is 0 Å². The van der Waals surface area contributed by atoms with Crippen LogP contribution in [0.1, 0.15) is 34.6 Å². The van der Waals surface area contributed by atoms with E-state index in [0.29, 0.717) is 37.2 Å². The topological polar surface area (TPSA) is 94.3 Å². The molecular formula is C29H26F4N6O2. The maximum Gasteiger partial charge on any atom is 0.419 e. The summed E-state index contributed by atoms with van der Waals surface area (Å²) in [6.07, 6.45) is -0.365. The van der Waals surface area contributed by atoms with Crippen LogP contribution < -0.4 is 10.2 Å². The second-order valence-corrected chi connectivity index (χ2v) is 9.73. The number of alkyl halides is 3. The monoisotopic (exact) mass is 566 g/mol. The summed E-state index contributed by atoms with van der Waals surface area (Å²) in [4.78, 5) is 30.1. The van der Waals surface area contributed by atoms with Crippen LogP contribution in [0.25, 0.3) is 11.3 Å². The summed E-state index contributed by atoms with van der Waals surface area (Å²) in [6, 6.07) is 13.3. The molecule has 1 aromatic heterocycles. The Labute approximate surface area is 233 Å². The van der Waals surface area contributed by atoms with Crippen LogP contribution in [0, 0.1) is 11.2 Å². The predicted octanol–water partition coefficient (Wildman–Crippen LogP) is 4.82. The van der Waals surface area contributed by atoms with Crippen LogP contribution in [-0.2, 0) is 11.0 Å². The van der Waals surface area contributed by atoms with Crippen LogP contribution in [0.2, 0.25) is 0 Å². The quantitative estimate of drug-likeness (QED) is 0.254. The Morgan fingerprint density at radius 2 is 1.78 bits per heavy atom. The molecule has 5 rings (SSSR count). The molecule has 2 saturated heterocycles. The van der Waals surface area contributed by atoms with Gasteiger partial charge in [0, 0.05) is 36.6 Å². The van der Waals surface area contributed by atoms with E-state index < -0.39 is 29.0 Å². The molecule has 3 aromatic rings. The molecule has 0 aliphatic carbocycles. The fraction of sp³-hybridized carbons (Fsp3) is 0.241. The molecule has 2 aromatic carbocycles. The third-order valence-electron chi connectivity index (χ3n) is 7.49. The number of likely N-dealkylation sites (tertiary alicyclic amines) is 1. The van der Waals surface area contributed by atoms with Crippen molar-refractivity contribution in [1.29, 1.82) is 5.41 Å². The molecule has 1 spiro atoms. The van der Waals surface area contributed by atoms with E-state index in [1.54, 1.807) is 4.90 Å². The van der Waals surface area contributed by atoms with E-state index in [1.165, 1.54) is 18.2 Å². The van der Waals surface area contributed by atoms with Crippen molar-refractivity contribution in [2.75, 3.05) is 24.7 Å². The Kier molecular flexibility index (Phi) is 7.24. The van der Waals surface area contributed by atoms with E-state index in [-0.39, 0.29) is 36.1 Å². The van der Waals surface area contributed by atoms with Crippen LogP contribution in [-0.4, -0.2) is 58.0 Å². The van der Waals surface area contributed by atoms with E-state index in [9.17, 15) is 27.2 Å². The highest BCUT2D eigenvalue weighted by Crippen LogP contribution is 2.37. The average Bonchev–Trinajstić information content (AvgIpc) is 3.53. The SMILES string of the molecule is C=CC(=CC=N)c1cc(C(=O)N2CCC3(CC2)C(=O)NCN3c2ccccc2)nn1-c1ccc(C(F)(F)F)c(F)c1. The summed E-state index contributed by atoms with van der Waals surface area (Å²) in [7, 11) is 0. The van der Waals surface area contributed by atoms with E-state index in [4.69, 9.17) is 5.41 Å². The molecule has 0 unspecified atom stereocenters. The largest absolute Gasteiger partial charge is 0.419 e. The number of halogens is 4. The van der Waals surface area contributed by atoms with Gasteiger partial charge < -0.3 is 20.5 Å². The van der Waals surface area contributed by atoms with E-state index in [1.807, 2.05) is 35.2 Å². The zero-order valence-corrected chi connectivity index (χ0v) is 21.8. The molecular weight excluding hydrogens is 540 g/mol. The minimum Gasteiger partial charge on any atom is -0.339 e. The van der Waals surface area contributed by atoms with Gasteiger partial charge in [-0.15, -0.1) is 0 Å². The molecule has 2 N–H and O–H groups in total. The van der Waals surface area contributed by atoms with Crippen LogP contribution >= 0.6 is 0 Å². The number of aromatic nitrogens is 2. The highest BCUT2D eigenvalue weighted by Gasteiger charge is 2.51. The number of hydrogen-bond donors (Lipinski definition) is 2. The van der Waals surface area contributed by atoms with Crippen molar-refractivity contribution in [3.05, 3.63) is 96.1 Å². The molecule has 0 atom stereocenters. The number of carbonyl (C=O) groups is 2. The van der Waals surface area contributed by atoms with Gasteiger partial charge in [-0.1, -0.05) is 30.9 Å². The number of piperidine rings is 1. The Bertz CT molecular complexity index is 1540. The molecule has 0 bridgehead atoms. The number of rotatable bonds is 6. The molecule has 2 fully saturated rings. The molecule has 41 heavy (non-hydrogen) atoms. The minimum absolute atomic E-state index is 0.0234. The van der Waals surface area contributed by atoms with Crippen LogP contribution in [0.3, 0.4) is 0 Å². The first kappa shape index (κ1) is 27.8. The first-order chi connectivity index (χ1) is 19.6. The number of amides is 2. The Balaban J connectivity index is 1.44. The zero-order valence-electron chi connectivity index (χ0n) is 21.8. The van der Waals surface area contributed by atoms with E-state index in [0.717, 1.165) is 22.7 Å². The van der Waals surface area contributed by atoms with Crippen LogP contribution in [0.15, 0.2) is 73.3 Å². The predicted molar refractivity (Wildman–Crippen MR) is 145 cm³/mol. The van der Waals surface area contributed by atoms with Gasteiger partial charge in [0.25, 0.3) is 5.91 Å². The summed E-state index contributed by atoms with van der Waals surface area (Å²) in [5.41, 5.74) is -0.801. The second-order valence-electron chi connectivity index (χ2n) is 9.73. The first-order valence-corrected chi connectivity index (χ1v) is 12.8. The molecule has 2 aliphatic heterocycles. The lowest BCUT2D eigenvalue weighted by molar-refractivity contribution is -0.140. The lowest BCUT2D eigenvalue weighted by atomic mass is 9.85. The summed E-state index contributed by atoms with van der Waals surface area (Å²) in [5.74, 6) is -2.04. The van der Waals surface area contributed by atoms with Gasteiger partial charge in [0.05, 0.1) is 23.6 Å². The second kappa shape index (κ2) is 10.7.